The van der Waals surface area contributed by atoms with Gasteiger partial charge in [0.15, 0.2) is 0 Å². The van der Waals surface area contributed by atoms with Gasteiger partial charge < -0.3 is 10.4 Å². The highest BCUT2D eigenvalue weighted by atomic mass is 32.1. The van der Waals surface area contributed by atoms with E-state index in [1.165, 1.54) is 11.3 Å². The Labute approximate surface area is 131 Å². The molecule has 2 atom stereocenters. The Morgan fingerprint density at radius 2 is 2.09 bits per heavy atom. The van der Waals surface area contributed by atoms with Gasteiger partial charge in [0.25, 0.3) is 5.91 Å². The molecule has 1 amide bonds. The first-order chi connectivity index (χ1) is 10.7. The van der Waals surface area contributed by atoms with Gasteiger partial charge in [0.2, 0.25) is 0 Å². The fourth-order valence-electron chi connectivity index (χ4n) is 3.03. The number of aromatic nitrogens is 1. The summed E-state index contributed by atoms with van der Waals surface area (Å²) in [7, 11) is 0. The number of aliphatic hydroxyl groups is 1. The SMILES string of the molecule is O=C(N[C@H]1c2ccccc2C[C@H]1O)c1cccc2ncsc12. The molecule has 1 aliphatic rings. The lowest BCUT2D eigenvalue weighted by atomic mass is 10.1. The van der Waals surface area contributed by atoms with Crippen molar-refractivity contribution in [1.82, 2.24) is 10.3 Å². The summed E-state index contributed by atoms with van der Waals surface area (Å²) in [6.07, 6.45) is -0.00619. The summed E-state index contributed by atoms with van der Waals surface area (Å²) in [5.74, 6) is -0.171. The average Bonchev–Trinajstić information content (AvgIpc) is 3.12. The fourth-order valence-corrected chi connectivity index (χ4v) is 3.83. The van der Waals surface area contributed by atoms with E-state index < -0.39 is 6.10 Å². The van der Waals surface area contributed by atoms with E-state index >= 15 is 0 Å². The minimum absolute atomic E-state index is 0.171. The minimum atomic E-state index is -0.581. The van der Waals surface area contributed by atoms with Gasteiger partial charge in [0, 0.05) is 6.42 Å². The van der Waals surface area contributed by atoms with Crippen molar-refractivity contribution in [1.29, 1.82) is 0 Å². The van der Waals surface area contributed by atoms with Crippen LogP contribution in [0, 0.1) is 0 Å². The normalized spacial score (nSPS) is 20.0. The van der Waals surface area contributed by atoms with Gasteiger partial charge in [0.1, 0.15) is 0 Å². The molecular formula is C17H14N2O2S. The van der Waals surface area contributed by atoms with Gasteiger partial charge in [-0.05, 0) is 23.3 Å². The van der Waals surface area contributed by atoms with Gasteiger partial charge in [-0.3, -0.25) is 4.79 Å². The Balaban J connectivity index is 1.66. The Bertz CT molecular complexity index is 858. The minimum Gasteiger partial charge on any atom is -0.390 e. The molecule has 0 aliphatic heterocycles. The molecule has 0 saturated heterocycles. The average molecular weight is 310 g/mol. The second-order valence-electron chi connectivity index (χ2n) is 5.43. The van der Waals surface area contributed by atoms with E-state index in [1.807, 2.05) is 36.4 Å². The van der Waals surface area contributed by atoms with Crippen molar-refractivity contribution < 1.29 is 9.90 Å². The van der Waals surface area contributed by atoms with Gasteiger partial charge >= 0.3 is 0 Å². The van der Waals surface area contributed by atoms with E-state index in [4.69, 9.17) is 0 Å². The zero-order chi connectivity index (χ0) is 15.1. The molecule has 4 nitrogen and oxygen atoms in total. The number of fused-ring (bicyclic) bond motifs is 2. The highest BCUT2D eigenvalue weighted by Crippen LogP contribution is 2.32. The molecular weight excluding hydrogens is 296 g/mol. The molecule has 0 radical (unpaired) electrons. The predicted molar refractivity (Wildman–Crippen MR) is 86.0 cm³/mol. The molecule has 1 aliphatic carbocycles. The number of benzene rings is 2. The van der Waals surface area contributed by atoms with E-state index in [0.29, 0.717) is 12.0 Å². The highest BCUT2D eigenvalue weighted by molar-refractivity contribution is 7.17. The number of hydrogen-bond acceptors (Lipinski definition) is 4. The molecule has 4 rings (SSSR count). The van der Waals surface area contributed by atoms with E-state index in [1.54, 1.807) is 11.6 Å². The number of nitrogens with one attached hydrogen (secondary N) is 1. The number of amides is 1. The Kier molecular flexibility index (Phi) is 3.17. The number of nitrogens with zero attached hydrogens (tertiary/aromatic N) is 1. The van der Waals surface area contributed by atoms with Crippen LogP contribution in [0.25, 0.3) is 10.2 Å². The van der Waals surface area contributed by atoms with Crippen molar-refractivity contribution in [3.63, 3.8) is 0 Å². The van der Waals surface area contributed by atoms with E-state index in [-0.39, 0.29) is 11.9 Å². The van der Waals surface area contributed by atoms with Crippen molar-refractivity contribution >= 4 is 27.5 Å². The Morgan fingerprint density at radius 1 is 1.23 bits per heavy atom. The third-order valence-electron chi connectivity index (χ3n) is 4.09. The maximum atomic E-state index is 12.6. The van der Waals surface area contributed by atoms with Crippen molar-refractivity contribution in [2.45, 2.75) is 18.6 Å². The molecule has 110 valence electrons. The summed E-state index contributed by atoms with van der Waals surface area (Å²) >= 11 is 1.45. The van der Waals surface area contributed by atoms with E-state index in [2.05, 4.69) is 10.3 Å². The standard InChI is InChI=1S/C17H14N2O2S/c20-14-8-10-4-1-2-5-11(10)15(14)19-17(21)12-6-3-7-13-16(12)22-9-18-13/h1-7,9,14-15,20H,8H2,(H,19,21)/t14-,15+/m1/s1. The van der Waals surface area contributed by atoms with Crippen LogP contribution in [0.5, 0.6) is 0 Å². The van der Waals surface area contributed by atoms with Crippen LogP contribution < -0.4 is 5.32 Å². The molecule has 5 heteroatoms. The lowest BCUT2D eigenvalue weighted by Gasteiger charge is -2.18. The molecule has 1 aromatic heterocycles. The molecule has 22 heavy (non-hydrogen) atoms. The summed E-state index contributed by atoms with van der Waals surface area (Å²) in [6.45, 7) is 0. The molecule has 2 N–H and O–H groups in total. The second-order valence-corrected chi connectivity index (χ2v) is 6.28. The number of hydrogen-bond donors (Lipinski definition) is 2. The third-order valence-corrected chi connectivity index (χ3v) is 4.97. The van der Waals surface area contributed by atoms with Crippen LogP contribution in [0.3, 0.4) is 0 Å². The van der Waals surface area contributed by atoms with Crippen molar-refractivity contribution in [2.75, 3.05) is 0 Å². The van der Waals surface area contributed by atoms with Gasteiger partial charge in [-0.1, -0.05) is 30.3 Å². The largest absolute Gasteiger partial charge is 0.390 e. The van der Waals surface area contributed by atoms with Crippen LogP contribution in [0.4, 0.5) is 0 Å². The maximum absolute atomic E-state index is 12.6. The zero-order valence-electron chi connectivity index (χ0n) is 11.7. The van der Waals surface area contributed by atoms with E-state index in [9.17, 15) is 9.90 Å². The number of carbonyl (C=O) groups excluding carboxylic acids is 1. The molecule has 3 aromatic rings. The second kappa shape index (κ2) is 5.19. The highest BCUT2D eigenvalue weighted by Gasteiger charge is 2.32. The van der Waals surface area contributed by atoms with Crippen molar-refractivity contribution in [3.05, 3.63) is 64.7 Å². The van der Waals surface area contributed by atoms with Crippen molar-refractivity contribution in [2.24, 2.45) is 0 Å². The van der Waals surface area contributed by atoms with Gasteiger partial charge in [-0.2, -0.15) is 0 Å². The van der Waals surface area contributed by atoms with Gasteiger partial charge in [-0.25, -0.2) is 4.98 Å². The van der Waals surface area contributed by atoms with E-state index in [0.717, 1.165) is 21.3 Å². The topological polar surface area (TPSA) is 62.2 Å². The molecule has 2 aromatic carbocycles. The summed E-state index contributed by atoms with van der Waals surface area (Å²) in [5.41, 5.74) is 5.26. The molecule has 0 fully saturated rings. The number of rotatable bonds is 2. The zero-order valence-corrected chi connectivity index (χ0v) is 12.5. The lowest BCUT2D eigenvalue weighted by molar-refractivity contribution is 0.0860. The fraction of sp³-hybridized carbons (Fsp3) is 0.176. The first kappa shape index (κ1) is 13.4. The van der Waals surface area contributed by atoms with Crippen molar-refractivity contribution in [3.8, 4) is 0 Å². The molecule has 0 spiro atoms. The summed E-state index contributed by atoms with van der Waals surface area (Å²) < 4.78 is 0.876. The molecule has 0 unspecified atom stereocenters. The third kappa shape index (κ3) is 2.10. The van der Waals surface area contributed by atoms with Crippen LogP contribution in [0.15, 0.2) is 48.0 Å². The first-order valence-corrected chi connectivity index (χ1v) is 8.01. The molecule has 1 heterocycles. The molecule has 0 bridgehead atoms. The molecule has 0 saturated carbocycles. The summed E-state index contributed by atoms with van der Waals surface area (Å²) in [4.78, 5) is 16.9. The van der Waals surface area contributed by atoms with Crippen LogP contribution in [0.2, 0.25) is 0 Å². The predicted octanol–water partition coefficient (Wildman–Crippen LogP) is 2.68. The quantitative estimate of drug-likeness (QED) is 0.765. The van der Waals surface area contributed by atoms with Crippen LogP contribution in [-0.2, 0) is 6.42 Å². The Hall–Kier alpha value is -2.24. The lowest BCUT2D eigenvalue weighted by Crippen LogP contribution is -2.33. The number of carbonyl (C=O) groups is 1. The monoisotopic (exact) mass is 310 g/mol. The summed E-state index contributed by atoms with van der Waals surface area (Å²) in [6, 6.07) is 13.0. The van der Waals surface area contributed by atoms with Crippen LogP contribution in [-0.4, -0.2) is 22.1 Å². The summed E-state index contributed by atoms with van der Waals surface area (Å²) in [5, 5.41) is 13.2. The smallest absolute Gasteiger partial charge is 0.253 e. The van der Waals surface area contributed by atoms with Gasteiger partial charge in [0.05, 0.1) is 33.4 Å². The first-order valence-electron chi connectivity index (χ1n) is 7.13. The van der Waals surface area contributed by atoms with Gasteiger partial charge in [-0.15, -0.1) is 11.3 Å². The number of aliphatic hydroxyl groups excluding tert-OH is 1. The Morgan fingerprint density at radius 3 is 3.00 bits per heavy atom. The van der Waals surface area contributed by atoms with Crippen LogP contribution >= 0.6 is 11.3 Å². The van der Waals surface area contributed by atoms with Crippen LogP contribution in [0.1, 0.15) is 27.5 Å². The maximum Gasteiger partial charge on any atom is 0.253 e. The number of thiazole rings is 1.